The van der Waals surface area contributed by atoms with Crippen molar-refractivity contribution in [1.82, 2.24) is 14.7 Å². The molecule has 20 heavy (non-hydrogen) atoms. The van der Waals surface area contributed by atoms with Crippen LogP contribution in [0.5, 0.6) is 0 Å². The molecule has 0 aromatic carbocycles. The molecule has 0 saturated heterocycles. The Morgan fingerprint density at radius 3 is 2.75 bits per heavy atom. The van der Waals surface area contributed by atoms with Gasteiger partial charge in [0.1, 0.15) is 0 Å². The minimum atomic E-state index is 0.308. The van der Waals surface area contributed by atoms with Crippen LogP contribution in [0.2, 0.25) is 0 Å². The normalized spacial score (nSPS) is 30.4. The second-order valence-corrected chi connectivity index (χ2v) is 6.97. The first kappa shape index (κ1) is 14.1. The van der Waals surface area contributed by atoms with Gasteiger partial charge >= 0.3 is 0 Å². The second kappa shape index (κ2) is 5.49. The third-order valence-corrected chi connectivity index (χ3v) is 5.57. The zero-order valence-corrected chi connectivity index (χ0v) is 13.0. The van der Waals surface area contributed by atoms with E-state index in [1.165, 1.54) is 37.8 Å². The van der Waals surface area contributed by atoms with Crippen molar-refractivity contribution < 1.29 is 0 Å². The molecule has 4 atom stereocenters. The lowest BCUT2D eigenvalue weighted by Crippen LogP contribution is -2.35. The molecule has 112 valence electrons. The number of hydrogen-bond acceptors (Lipinski definition) is 3. The molecule has 1 aromatic heterocycles. The van der Waals surface area contributed by atoms with Crippen LogP contribution in [0.1, 0.15) is 43.0 Å². The fourth-order valence-electron chi connectivity index (χ4n) is 4.59. The molecule has 1 aromatic rings. The largest absolute Gasteiger partial charge is 0.329 e. The molecule has 4 nitrogen and oxygen atoms in total. The van der Waals surface area contributed by atoms with Crippen LogP contribution in [0.4, 0.5) is 0 Å². The molecule has 0 aliphatic heterocycles. The van der Waals surface area contributed by atoms with Crippen LogP contribution in [0, 0.1) is 24.7 Å². The van der Waals surface area contributed by atoms with Crippen LogP contribution in [0.15, 0.2) is 6.20 Å². The highest BCUT2D eigenvalue weighted by molar-refractivity contribution is 5.20. The number of nitrogens with two attached hydrogens (primary N) is 1. The Morgan fingerprint density at radius 1 is 1.45 bits per heavy atom. The Labute approximate surface area is 122 Å². The zero-order valence-electron chi connectivity index (χ0n) is 13.0. The molecule has 2 saturated carbocycles. The van der Waals surface area contributed by atoms with Gasteiger partial charge in [-0.15, -0.1) is 0 Å². The summed E-state index contributed by atoms with van der Waals surface area (Å²) in [6.45, 7) is 3.95. The summed E-state index contributed by atoms with van der Waals surface area (Å²) in [4.78, 5) is 2.47. The predicted molar refractivity (Wildman–Crippen MR) is 81.3 cm³/mol. The SMILES string of the molecule is Cc1nn(C)cc1C(CN)N(C)CC1CC2CCC1C2. The summed E-state index contributed by atoms with van der Waals surface area (Å²) >= 11 is 0. The van der Waals surface area contributed by atoms with E-state index in [1.54, 1.807) is 0 Å². The molecule has 0 spiro atoms. The quantitative estimate of drug-likeness (QED) is 0.896. The molecule has 2 N–H and O–H groups in total. The first-order chi connectivity index (χ1) is 9.58. The van der Waals surface area contributed by atoms with E-state index in [0.29, 0.717) is 12.6 Å². The number of nitrogens with zero attached hydrogens (tertiary/aromatic N) is 3. The summed E-state index contributed by atoms with van der Waals surface area (Å²) < 4.78 is 1.90. The number of fused-ring (bicyclic) bond motifs is 2. The van der Waals surface area contributed by atoms with Crippen molar-refractivity contribution in [2.75, 3.05) is 20.1 Å². The van der Waals surface area contributed by atoms with Gasteiger partial charge in [0, 0.05) is 31.9 Å². The summed E-state index contributed by atoms with van der Waals surface area (Å²) in [5, 5.41) is 4.47. The Hall–Kier alpha value is -0.870. The van der Waals surface area contributed by atoms with Gasteiger partial charge in [-0.2, -0.15) is 5.10 Å². The maximum Gasteiger partial charge on any atom is 0.0641 e. The molecule has 1 heterocycles. The lowest BCUT2D eigenvalue weighted by atomic mass is 9.88. The molecule has 0 amide bonds. The molecule has 2 aliphatic rings. The Morgan fingerprint density at radius 2 is 2.25 bits per heavy atom. The fourth-order valence-corrected chi connectivity index (χ4v) is 4.59. The van der Waals surface area contributed by atoms with Crippen molar-refractivity contribution in [3.63, 3.8) is 0 Å². The van der Waals surface area contributed by atoms with Gasteiger partial charge in [-0.1, -0.05) is 6.42 Å². The van der Waals surface area contributed by atoms with Crippen molar-refractivity contribution >= 4 is 0 Å². The zero-order chi connectivity index (χ0) is 14.3. The average Bonchev–Trinajstić information content (AvgIpc) is 3.07. The molecule has 3 rings (SSSR count). The van der Waals surface area contributed by atoms with Gasteiger partial charge in [0.2, 0.25) is 0 Å². The van der Waals surface area contributed by atoms with E-state index in [0.717, 1.165) is 23.4 Å². The summed E-state index contributed by atoms with van der Waals surface area (Å²) in [7, 11) is 4.22. The van der Waals surface area contributed by atoms with Crippen LogP contribution in [-0.2, 0) is 7.05 Å². The van der Waals surface area contributed by atoms with Gasteiger partial charge < -0.3 is 5.73 Å². The number of likely N-dealkylation sites (N-methyl/N-ethyl adjacent to an activating group) is 1. The van der Waals surface area contributed by atoms with E-state index >= 15 is 0 Å². The molecule has 0 radical (unpaired) electrons. The highest BCUT2D eigenvalue weighted by Gasteiger charge is 2.40. The summed E-state index contributed by atoms with van der Waals surface area (Å²) in [5.41, 5.74) is 8.46. The molecular weight excluding hydrogens is 248 g/mol. The number of rotatable bonds is 5. The van der Waals surface area contributed by atoms with Crippen LogP contribution in [0.25, 0.3) is 0 Å². The monoisotopic (exact) mass is 276 g/mol. The summed E-state index contributed by atoms with van der Waals surface area (Å²) in [6, 6.07) is 0.308. The number of aryl methyl sites for hydroxylation is 2. The summed E-state index contributed by atoms with van der Waals surface area (Å²) in [6.07, 6.45) is 8.00. The van der Waals surface area contributed by atoms with Crippen molar-refractivity contribution in [1.29, 1.82) is 0 Å². The third kappa shape index (κ3) is 2.51. The molecule has 2 aliphatic carbocycles. The minimum Gasteiger partial charge on any atom is -0.329 e. The van der Waals surface area contributed by atoms with E-state index in [9.17, 15) is 0 Å². The van der Waals surface area contributed by atoms with E-state index in [2.05, 4.69) is 30.2 Å². The van der Waals surface area contributed by atoms with E-state index < -0.39 is 0 Å². The average molecular weight is 276 g/mol. The van der Waals surface area contributed by atoms with Crippen molar-refractivity contribution in [2.45, 2.75) is 38.6 Å². The minimum absolute atomic E-state index is 0.308. The Bertz CT molecular complexity index is 467. The van der Waals surface area contributed by atoms with Crippen molar-refractivity contribution in [2.24, 2.45) is 30.5 Å². The first-order valence-electron chi connectivity index (χ1n) is 7.99. The van der Waals surface area contributed by atoms with Crippen molar-refractivity contribution in [3.8, 4) is 0 Å². The number of hydrogen-bond donors (Lipinski definition) is 1. The van der Waals surface area contributed by atoms with Gasteiger partial charge in [0.25, 0.3) is 0 Å². The first-order valence-corrected chi connectivity index (χ1v) is 7.99. The lowest BCUT2D eigenvalue weighted by molar-refractivity contribution is 0.175. The predicted octanol–water partition coefficient (Wildman–Crippen LogP) is 2.10. The molecule has 2 fully saturated rings. The molecule has 4 unspecified atom stereocenters. The number of aromatic nitrogens is 2. The highest BCUT2D eigenvalue weighted by atomic mass is 15.3. The van der Waals surface area contributed by atoms with E-state index in [1.807, 2.05) is 11.7 Å². The lowest BCUT2D eigenvalue weighted by Gasteiger charge is -2.32. The van der Waals surface area contributed by atoms with Gasteiger partial charge in [-0.05, 0) is 51.0 Å². The van der Waals surface area contributed by atoms with Gasteiger partial charge in [0.15, 0.2) is 0 Å². The van der Waals surface area contributed by atoms with Crippen LogP contribution in [0.3, 0.4) is 0 Å². The van der Waals surface area contributed by atoms with Crippen LogP contribution >= 0.6 is 0 Å². The Kier molecular flexibility index (Phi) is 3.87. The molecule has 4 heteroatoms. The molecular formula is C16H28N4. The van der Waals surface area contributed by atoms with Crippen LogP contribution in [-0.4, -0.2) is 34.8 Å². The van der Waals surface area contributed by atoms with Gasteiger partial charge in [0.05, 0.1) is 11.7 Å². The van der Waals surface area contributed by atoms with Crippen molar-refractivity contribution in [3.05, 3.63) is 17.5 Å². The Balaban J connectivity index is 1.68. The topological polar surface area (TPSA) is 47.1 Å². The molecule has 2 bridgehead atoms. The maximum atomic E-state index is 6.06. The van der Waals surface area contributed by atoms with E-state index in [-0.39, 0.29) is 0 Å². The maximum absolute atomic E-state index is 6.06. The van der Waals surface area contributed by atoms with Gasteiger partial charge in [-0.25, -0.2) is 0 Å². The smallest absolute Gasteiger partial charge is 0.0641 e. The highest BCUT2D eigenvalue weighted by Crippen LogP contribution is 2.48. The van der Waals surface area contributed by atoms with Crippen LogP contribution < -0.4 is 5.73 Å². The standard InChI is InChI=1S/C16H28N4/c1-11-15(10-20(3)18-11)16(8-17)19(2)9-14-7-12-4-5-13(14)6-12/h10,12-14,16H,4-9,17H2,1-3H3. The fraction of sp³-hybridized carbons (Fsp3) is 0.812. The second-order valence-electron chi connectivity index (χ2n) is 6.97. The third-order valence-electron chi connectivity index (χ3n) is 5.57. The van der Waals surface area contributed by atoms with Gasteiger partial charge in [-0.3, -0.25) is 9.58 Å². The van der Waals surface area contributed by atoms with E-state index in [4.69, 9.17) is 5.73 Å². The summed E-state index contributed by atoms with van der Waals surface area (Å²) in [5.74, 6) is 2.90.